The minimum Gasteiger partial charge on any atom is -0.486 e. The highest BCUT2D eigenvalue weighted by Gasteiger charge is 2.34. The van der Waals surface area contributed by atoms with Crippen LogP contribution in [0.1, 0.15) is 38.3 Å². The van der Waals surface area contributed by atoms with E-state index in [-0.39, 0.29) is 49.7 Å². The van der Waals surface area contributed by atoms with E-state index in [1.807, 2.05) is 32.0 Å². The predicted octanol–water partition coefficient (Wildman–Crippen LogP) is 3.65. The zero-order valence-electron chi connectivity index (χ0n) is 19.1. The fourth-order valence-electron chi connectivity index (χ4n) is 4.33. The quantitative estimate of drug-likeness (QED) is 0.663. The van der Waals surface area contributed by atoms with Crippen LogP contribution in [0, 0.1) is 23.5 Å². The van der Waals surface area contributed by atoms with Crippen LogP contribution in [0.3, 0.4) is 0 Å². The molecule has 7 nitrogen and oxygen atoms in total. The Kier molecular flexibility index (Phi) is 7.09. The van der Waals surface area contributed by atoms with Gasteiger partial charge in [-0.3, -0.25) is 4.79 Å². The summed E-state index contributed by atoms with van der Waals surface area (Å²) in [6, 6.07) is 7.71. The topological polar surface area (TPSA) is 84.9 Å². The Morgan fingerprint density at radius 3 is 2.38 bits per heavy atom. The fourth-order valence-corrected chi connectivity index (χ4v) is 5.88. The molecule has 184 valence electrons. The highest BCUT2D eigenvalue weighted by atomic mass is 32.2. The maximum Gasteiger partial charge on any atom is 0.246 e. The van der Waals surface area contributed by atoms with Crippen molar-refractivity contribution in [1.82, 2.24) is 9.62 Å². The van der Waals surface area contributed by atoms with Crippen molar-refractivity contribution in [3.63, 3.8) is 0 Å². The van der Waals surface area contributed by atoms with Gasteiger partial charge in [-0.1, -0.05) is 19.9 Å². The highest BCUT2D eigenvalue weighted by Crippen LogP contribution is 2.35. The smallest absolute Gasteiger partial charge is 0.246 e. The number of piperidine rings is 1. The fraction of sp³-hybridized carbons (Fsp3) is 0.458. The molecule has 0 bridgehead atoms. The van der Waals surface area contributed by atoms with Crippen molar-refractivity contribution < 1.29 is 31.5 Å². The molecule has 0 radical (unpaired) electrons. The molecule has 0 unspecified atom stereocenters. The Morgan fingerprint density at radius 1 is 1.03 bits per heavy atom. The van der Waals surface area contributed by atoms with Gasteiger partial charge in [-0.05, 0) is 54.7 Å². The molecule has 2 aliphatic rings. The van der Waals surface area contributed by atoms with Crippen molar-refractivity contribution >= 4 is 15.9 Å². The van der Waals surface area contributed by atoms with Gasteiger partial charge in [0.1, 0.15) is 29.7 Å². The van der Waals surface area contributed by atoms with Crippen LogP contribution in [-0.4, -0.2) is 44.9 Å². The number of benzene rings is 2. The van der Waals surface area contributed by atoms with Crippen molar-refractivity contribution in [2.24, 2.45) is 11.8 Å². The van der Waals surface area contributed by atoms with E-state index in [9.17, 15) is 22.0 Å². The first-order valence-corrected chi connectivity index (χ1v) is 12.8. The Balaban J connectivity index is 1.42. The van der Waals surface area contributed by atoms with E-state index in [4.69, 9.17) is 9.47 Å². The third-order valence-electron chi connectivity index (χ3n) is 6.23. The van der Waals surface area contributed by atoms with Crippen LogP contribution in [-0.2, 0) is 14.8 Å². The molecular weight excluding hydrogens is 466 g/mol. The van der Waals surface area contributed by atoms with E-state index in [2.05, 4.69) is 5.32 Å². The summed E-state index contributed by atoms with van der Waals surface area (Å²) in [4.78, 5) is 12.4. The normalized spacial score (nSPS) is 18.0. The van der Waals surface area contributed by atoms with Crippen LogP contribution in [0.25, 0.3) is 0 Å². The Bertz CT molecular complexity index is 1160. The molecule has 1 amide bonds. The summed E-state index contributed by atoms with van der Waals surface area (Å²) in [5.41, 5.74) is 0.897. The number of amides is 1. The molecule has 0 aliphatic carbocycles. The maximum atomic E-state index is 14.1. The van der Waals surface area contributed by atoms with Gasteiger partial charge in [0.2, 0.25) is 15.9 Å². The SMILES string of the molecule is CC(C)[C@H](NC(=O)C1CCN(S(=O)(=O)c2cc(F)ccc2F)CC1)c1ccc2c(c1)OCCO2. The number of nitrogens with zero attached hydrogens (tertiary/aromatic N) is 1. The molecule has 34 heavy (non-hydrogen) atoms. The third kappa shape index (κ3) is 5.02. The molecule has 2 heterocycles. The standard InChI is InChI=1S/C24H28F2N2O5S/c1-15(2)23(17-3-6-20-21(13-17)33-12-11-32-20)27-24(29)16-7-9-28(10-8-16)34(30,31)22-14-18(25)4-5-19(22)26/h3-6,13-16,23H,7-12H2,1-2H3,(H,27,29)/t23-/m0/s1. The lowest BCUT2D eigenvalue weighted by molar-refractivity contribution is -0.127. The van der Waals surface area contributed by atoms with E-state index in [1.165, 1.54) is 0 Å². The molecule has 2 aromatic carbocycles. The number of rotatable bonds is 6. The third-order valence-corrected chi connectivity index (χ3v) is 8.14. The summed E-state index contributed by atoms with van der Waals surface area (Å²) in [6.45, 7) is 5.07. The minimum absolute atomic E-state index is 0.0484. The number of carbonyl (C=O) groups excluding carboxylic acids is 1. The molecule has 0 spiro atoms. The van der Waals surface area contributed by atoms with Crippen LogP contribution in [0.4, 0.5) is 8.78 Å². The second kappa shape index (κ2) is 9.87. The van der Waals surface area contributed by atoms with Crippen molar-refractivity contribution in [2.45, 2.75) is 37.6 Å². The van der Waals surface area contributed by atoms with Crippen molar-refractivity contribution in [1.29, 1.82) is 0 Å². The van der Waals surface area contributed by atoms with Gasteiger partial charge in [-0.2, -0.15) is 4.31 Å². The lowest BCUT2D eigenvalue weighted by Gasteiger charge is -2.32. The van der Waals surface area contributed by atoms with Gasteiger partial charge in [-0.25, -0.2) is 17.2 Å². The number of carbonyl (C=O) groups is 1. The van der Waals surface area contributed by atoms with Gasteiger partial charge in [0.05, 0.1) is 6.04 Å². The zero-order chi connectivity index (χ0) is 24.5. The maximum absolute atomic E-state index is 14.1. The summed E-state index contributed by atoms with van der Waals surface area (Å²) in [5, 5.41) is 3.10. The largest absolute Gasteiger partial charge is 0.486 e. The predicted molar refractivity (Wildman–Crippen MR) is 121 cm³/mol. The zero-order valence-corrected chi connectivity index (χ0v) is 19.9. The van der Waals surface area contributed by atoms with Crippen molar-refractivity contribution in [2.75, 3.05) is 26.3 Å². The van der Waals surface area contributed by atoms with Crippen LogP contribution >= 0.6 is 0 Å². The lowest BCUT2D eigenvalue weighted by atomic mass is 9.92. The first kappa shape index (κ1) is 24.4. The molecule has 1 N–H and O–H groups in total. The van der Waals surface area contributed by atoms with E-state index in [0.717, 1.165) is 22.0 Å². The first-order valence-electron chi connectivity index (χ1n) is 11.3. The summed E-state index contributed by atoms with van der Waals surface area (Å²) in [6.07, 6.45) is 0.571. The van der Waals surface area contributed by atoms with Crippen molar-refractivity contribution in [3.8, 4) is 11.5 Å². The van der Waals surface area contributed by atoms with Gasteiger partial charge >= 0.3 is 0 Å². The molecule has 0 saturated carbocycles. The molecule has 1 fully saturated rings. The summed E-state index contributed by atoms with van der Waals surface area (Å²) in [7, 11) is -4.19. The molecule has 10 heteroatoms. The van der Waals surface area contributed by atoms with Crippen LogP contribution in [0.15, 0.2) is 41.3 Å². The lowest BCUT2D eigenvalue weighted by Crippen LogP contribution is -2.44. The number of ether oxygens (including phenoxy) is 2. The molecule has 0 aromatic heterocycles. The Hall–Kier alpha value is -2.72. The van der Waals surface area contributed by atoms with Gasteiger partial charge in [0.25, 0.3) is 0 Å². The number of sulfonamides is 1. The van der Waals surface area contributed by atoms with E-state index >= 15 is 0 Å². The summed E-state index contributed by atoms with van der Waals surface area (Å²) < 4.78 is 65.5. The number of hydrogen-bond donors (Lipinski definition) is 1. The Morgan fingerprint density at radius 2 is 1.71 bits per heavy atom. The second-order valence-corrected chi connectivity index (χ2v) is 10.8. The second-order valence-electron chi connectivity index (χ2n) is 8.89. The number of hydrogen-bond acceptors (Lipinski definition) is 5. The van der Waals surface area contributed by atoms with Crippen LogP contribution < -0.4 is 14.8 Å². The number of nitrogens with one attached hydrogen (secondary N) is 1. The number of fused-ring (bicyclic) bond motifs is 1. The van der Waals surface area contributed by atoms with Crippen LogP contribution in [0.2, 0.25) is 0 Å². The van der Waals surface area contributed by atoms with Gasteiger partial charge in [-0.15, -0.1) is 0 Å². The molecule has 1 atom stereocenters. The highest BCUT2D eigenvalue weighted by molar-refractivity contribution is 7.89. The summed E-state index contributed by atoms with van der Waals surface area (Å²) in [5.74, 6) is -0.958. The van der Waals surface area contributed by atoms with E-state index < -0.39 is 26.6 Å². The monoisotopic (exact) mass is 494 g/mol. The van der Waals surface area contributed by atoms with Crippen molar-refractivity contribution in [3.05, 3.63) is 53.6 Å². The average Bonchev–Trinajstić information content (AvgIpc) is 2.83. The molecule has 1 saturated heterocycles. The van der Waals surface area contributed by atoms with Crippen LogP contribution in [0.5, 0.6) is 11.5 Å². The Labute approximate surface area is 198 Å². The molecule has 2 aromatic rings. The van der Waals surface area contributed by atoms with Gasteiger partial charge in [0.15, 0.2) is 11.5 Å². The first-order chi connectivity index (χ1) is 16.2. The number of halogens is 2. The average molecular weight is 495 g/mol. The van der Waals surface area contributed by atoms with E-state index in [1.54, 1.807) is 0 Å². The van der Waals surface area contributed by atoms with Gasteiger partial charge in [0, 0.05) is 19.0 Å². The molecule has 2 aliphatic heterocycles. The molecule has 4 rings (SSSR count). The summed E-state index contributed by atoms with van der Waals surface area (Å²) >= 11 is 0. The minimum atomic E-state index is -4.19. The van der Waals surface area contributed by atoms with E-state index in [0.29, 0.717) is 30.8 Å². The van der Waals surface area contributed by atoms with Gasteiger partial charge < -0.3 is 14.8 Å². The molecular formula is C24H28F2N2O5S.